The molecule has 3 heterocycles. The van der Waals surface area contributed by atoms with Gasteiger partial charge >= 0.3 is 11.3 Å². The maximum Gasteiger partial charge on any atom is 0.374 e. The van der Waals surface area contributed by atoms with Gasteiger partial charge in [-0.05, 0) is 37.3 Å². The van der Waals surface area contributed by atoms with Crippen molar-refractivity contribution in [3.63, 3.8) is 0 Å². The van der Waals surface area contributed by atoms with E-state index in [0.717, 1.165) is 6.07 Å². The van der Waals surface area contributed by atoms with Gasteiger partial charge in [0, 0.05) is 12.1 Å². The van der Waals surface area contributed by atoms with Crippen LogP contribution in [0.4, 0.5) is 0 Å². The smallest absolute Gasteiger partial charge is 0.374 e. The summed E-state index contributed by atoms with van der Waals surface area (Å²) in [6.07, 6.45) is -15.3. The molecule has 2 aliphatic rings. The lowest BCUT2D eigenvalue weighted by molar-refractivity contribution is -0.338. The minimum atomic E-state index is -1.77. The van der Waals surface area contributed by atoms with Gasteiger partial charge in [0.25, 0.3) is 0 Å². The average Bonchev–Trinajstić information content (AvgIpc) is 2.94. The fraction of sp³-hybridized carbons (Fsp3) is 0.444. The standard InChI is InChI=1S/C27H30O13/c1-10-19(32)21(34)23(36)27(37-10)40-26-22(35)20(33)17(9-28)39-25(26)18-15(31)8-14(30)13-6-7-16(38-24(13)18)11-2-4-12(29)5-3-11/h2-8,10,17,19-23,25-28,32-36H,9H2,1H3,(H2-,29,30,31)/p+1/t10-,17+,19-,20+,21+,22-,23+,25-,26+,27-/m0/s1. The Kier molecular flexibility index (Phi) is 7.85. The summed E-state index contributed by atoms with van der Waals surface area (Å²) in [5.41, 5.74) is 0.326. The molecular weight excluding hydrogens is 532 g/mol. The summed E-state index contributed by atoms with van der Waals surface area (Å²) >= 11 is 0. The van der Waals surface area contributed by atoms with Crippen LogP contribution in [0, 0.1) is 0 Å². The predicted octanol–water partition coefficient (Wildman–Crippen LogP) is -0.136. The van der Waals surface area contributed by atoms with Gasteiger partial charge in [-0.15, -0.1) is 0 Å². The maximum absolute atomic E-state index is 11.0. The molecule has 0 bridgehead atoms. The quantitative estimate of drug-likeness (QED) is 0.185. The monoisotopic (exact) mass is 563 g/mol. The van der Waals surface area contributed by atoms with Crippen molar-refractivity contribution in [2.24, 2.45) is 0 Å². The Morgan fingerprint density at radius 3 is 2.17 bits per heavy atom. The van der Waals surface area contributed by atoms with Crippen molar-refractivity contribution >= 4 is 11.0 Å². The van der Waals surface area contributed by atoms with Gasteiger partial charge in [-0.3, -0.25) is 0 Å². The van der Waals surface area contributed by atoms with Crippen molar-refractivity contribution in [2.45, 2.75) is 68.1 Å². The van der Waals surface area contributed by atoms with E-state index in [9.17, 15) is 46.0 Å². The summed E-state index contributed by atoms with van der Waals surface area (Å²) in [6.45, 7) is 0.708. The second-order valence-electron chi connectivity index (χ2n) is 9.96. The van der Waals surface area contributed by atoms with Crippen LogP contribution in [0.5, 0.6) is 17.2 Å². The molecule has 2 saturated heterocycles. The van der Waals surface area contributed by atoms with Gasteiger partial charge in [0.1, 0.15) is 77.0 Å². The van der Waals surface area contributed by atoms with Gasteiger partial charge < -0.3 is 60.2 Å². The number of aromatic hydroxyl groups is 3. The Labute approximate surface area is 227 Å². The number of aliphatic hydroxyl groups is 6. The van der Waals surface area contributed by atoms with Gasteiger partial charge in [-0.1, -0.05) is 0 Å². The van der Waals surface area contributed by atoms with E-state index in [1.165, 1.54) is 25.1 Å². The molecular formula is C27H31O13+. The van der Waals surface area contributed by atoms with Crippen LogP contribution in [0.2, 0.25) is 0 Å². The van der Waals surface area contributed by atoms with Gasteiger partial charge in [0.15, 0.2) is 6.29 Å². The normalized spacial score (nSPS) is 34.7. The first-order valence-corrected chi connectivity index (χ1v) is 12.6. The number of phenols is 3. The lowest BCUT2D eigenvalue weighted by atomic mass is 9.89. The molecule has 0 saturated carbocycles. The van der Waals surface area contributed by atoms with Crippen molar-refractivity contribution in [3.8, 4) is 28.6 Å². The fourth-order valence-corrected chi connectivity index (χ4v) is 5.05. The van der Waals surface area contributed by atoms with Crippen LogP contribution in [0.25, 0.3) is 22.3 Å². The zero-order valence-electron chi connectivity index (χ0n) is 21.2. The van der Waals surface area contributed by atoms with E-state index < -0.39 is 73.6 Å². The molecule has 13 heteroatoms. The molecule has 9 N–H and O–H groups in total. The highest BCUT2D eigenvalue weighted by Crippen LogP contribution is 2.46. The number of aliphatic hydroxyl groups excluding tert-OH is 6. The van der Waals surface area contributed by atoms with Crippen molar-refractivity contribution in [3.05, 3.63) is 48.0 Å². The van der Waals surface area contributed by atoms with Gasteiger partial charge in [-0.2, -0.15) is 0 Å². The maximum atomic E-state index is 11.0. The number of fused-ring (bicyclic) bond motifs is 1. The Balaban J connectivity index is 1.63. The average molecular weight is 564 g/mol. The lowest BCUT2D eigenvalue weighted by Crippen LogP contribution is -2.61. The summed E-state index contributed by atoms with van der Waals surface area (Å²) in [4.78, 5) is 0. The molecule has 10 atom stereocenters. The van der Waals surface area contributed by atoms with E-state index in [0.29, 0.717) is 5.56 Å². The number of phenolic OH excluding ortho intramolecular Hbond substituents is 3. The molecule has 2 aliphatic heterocycles. The molecule has 2 fully saturated rings. The molecule has 0 unspecified atom stereocenters. The van der Waals surface area contributed by atoms with E-state index in [1.807, 2.05) is 0 Å². The first-order valence-electron chi connectivity index (χ1n) is 12.6. The van der Waals surface area contributed by atoms with Crippen LogP contribution in [0.1, 0.15) is 18.6 Å². The Bertz CT molecular complexity index is 1350. The lowest BCUT2D eigenvalue weighted by Gasteiger charge is -2.45. The van der Waals surface area contributed by atoms with Crippen LogP contribution in [0.3, 0.4) is 0 Å². The van der Waals surface area contributed by atoms with Crippen molar-refractivity contribution < 1.29 is 64.6 Å². The highest BCUT2D eigenvalue weighted by molar-refractivity contribution is 5.89. The van der Waals surface area contributed by atoms with Crippen molar-refractivity contribution in [2.75, 3.05) is 6.61 Å². The third-order valence-corrected chi connectivity index (χ3v) is 7.33. The zero-order chi connectivity index (χ0) is 28.9. The van der Waals surface area contributed by atoms with Crippen LogP contribution in [-0.2, 0) is 14.2 Å². The molecule has 0 amide bonds. The molecule has 216 valence electrons. The SMILES string of the molecule is C[C@@H]1O[C@@H](O[C@@H]2[C@@H](O)[C@H](O)[C@@H](CO)O[C@H]2c2c(O)cc(O)c3ccc(-c4ccc(O)cc4)[o+]c23)[C@H](O)[C@H](O)[C@H]1O. The summed E-state index contributed by atoms with van der Waals surface area (Å²) < 4.78 is 23.3. The third-order valence-electron chi connectivity index (χ3n) is 7.33. The highest BCUT2D eigenvalue weighted by Gasteiger charge is 2.52. The largest absolute Gasteiger partial charge is 0.508 e. The first-order chi connectivity index (χ1) is 19.0. The minimum absolute atomic E-state index is 0.0257. The highest BCUT2D eigenvalue weighted by atomic mass is 16.7. The summed E-state index contributed by atoms with van der Waals surface area (Å²) in [7, 11) is 0. The second-order valence-corrected chi connectivity index (χ2v) is 9.96. The van der Waals surface area contributed by atoms with Gasteiger partial charge in [-0.25, -0.2) is 4.42 Å². The first kappa shape index (κ1) is 28.4. The second kappa shape index (κ2) is 11.0. The van der Waals surface area contributed by atoms with Crippen LogP contribution in [-0.4, -0.2) is 108 Å². The molecule has 5 rings (SSSR count). The van der Waals surface area contributed by atoms with Crippen LogP contribution in [0.15, 0.2) is 46.9 Å². The van der Waals surface area contributed by atoms with Crippen LogP contribution >= 0.6 is 0 Å². The van der Waals surface area contributed by atoms with Crippen molar-refractivity contribution in [1.29, 1.82) is 0 Å². The van der Waals surface area contributed by atoms with Crippen LogP contribution < -0.4 is 0 Å². The molecule has 0 aliphatic carbocycles. The Morgan fingerprint density at radius 2 is 1.50 bits per heavy atom. The number of hydrogen-bond acceptors (Lipinski definition) is 12. The van der Waals surface area contributed by atoms with E-state index >= 15 is 0 Å². The predicted molar refractivity (Wildman–Crippen MR) is 135 cm³/mol. The Hall–Kier alpha value is -3.11. The zero-order valence-corrected chi connectivity index (χ0v) is 21.2. The van der Waals surface area contributed by atoms with E-state index in [1.54, 1.807) is 18.2 Å². The number of rotatable bonds is 5. The molecule has 2 aromatic carbocycles. The fourth-order valence-electron chi connectivity index (χ4n) is 5.05. The van der Waals surface area contributed by atoms with E-state index in [4.69, 9.17) is 18.6 Å². The molecule has 1 aromatic heterocycles. The molecule has 40 heavy (non-hydrogen) atoms. The molecule has 3 aromatic rings. The van der Waals surface area contributed by atoms with Gasteiger partial charge in [0.2, 0.25) is 0 Å². The summed E-state index contributed by atoms with van der Waals surface area (Å²) in [5, 5.41) is 93.6. The number of benzene rings is 2. The number of ether oxygens (including phenoxy) is 3. The topological polar surface area (TPSA) is 221 Å². The van der Waals surface area contributed by atoms with Gasteiger partial charge in [0.05, 0.1) is 18.3 Å². The number of hydrogen-bond donors (Lipinski definition) is 9. The minimum Gasteiger partial charge on any atom is -0.508 e. The Morgan fingerprint density at radius 1 is 0.800 bits per heavy atom. The molecule has 0 radical (unpaired) electrons. The summed E-state index contributed by atoms with van der Waals surface area (Å²) in [6, 6.07) is 10.1. The van der Waals surface area contributed by atoms with E-state index in [2.05, 4.69) is 0 Å². The summed E-state index contributed by atoms with van der Waals surface area (Å²) in [5.74, 6) is -0.590. The third kappa shape index (κ3) is 4.96. The molecule has 0 spiro atoms. The molecule has 13 nitrogen and oxygen atoms in total. The van der Waals surface area contributed by atoms with Crippen molar-refractivity contribution in [1.82, 2.24) is 0 Å². The van der Waals surface area contributed by atoms with E-state index in [-0.39, 0.29) is 33.8 Å².